The van der Waals surface area contributed by atoms with E-state index in [0.717, 1.165) is 0 Å². The van der Waals surface area contributed by atoms with Crippen LogP contribution in [0.1, 0.15) is 0 Å². The molecule has 21 heteroatoms. The summed E-state index contributed by atoms with van der Waals surface area (Å²) in [5.41, 5.74) is 0. The summed E-state index contributed by atoms with van der Waals surface area (Å²) in [6.07, 6.45) is 0. The van der Waals surface area contributed by atoms with Crippen LogP contribution in [0.3, 0.4) is 0 Å². The van der Waals surface area contributed by atoms with E-state index in [0.29, 0.717) is 0 Å². The van der Waals surface area contributed by atoms with E-state index in [-0.39, 0.29) is 113 Å². The zero-order valence-corrected chi connectivity index (χ0v) is 21.4. The van der Waals surface area contributed by atoms with Gasteiger partial charge in [-0.2, -0.15) is 0 Å². The predicted octanol–water partition coefficient (Wildman–Crippen LogP) is -5.82. The van der Waals surface area contributed by atoms with Crippen molar-refractivity contribution >= 4 is 173 Å². The summed E-state index contributed by atoms with van der Waals surface area (Å²) in [6, 6.07) is 0. The van der Waals surface area contributed by atoms with Crippen LogP contribution in [0.2, 0.25) is 0 Å². The van der Waals surface area contributed by atoms with E-state index in [1.807, 2.05) is 0 Å². The Kier molecular flexibility index (Phi) is 54.8. The second-order valence-corrected chi connectivity index (χ2v) is 5.73. The zero-order valence-electron chi connectivity index (χ0n) is 9.59. The largest absolute Gasteiger partial charge is 2.00 e. The van der Waals surface area contributed by atoms with Crippen LogP contribution in [-0.4, -0.2) is 165 Å². The van der Waals surface area contributed by atoms with Gasteiger partial charge in [0.05, 0.1) is 0 Å². The molecule has 0 aromatic rings. The third-order valence-corrected chi connectivity index (χ3v) is 0. The monoisotopic (exact) mass is 502 g/mol. The van der Waals surface area contributed by atoms with Crippen molar-refractivity contribution in [2.75, 3.05) is 0 Å². The molecule has 0 rings (SSSR count). The van der Waals surface area contributed by atoms with Crippen molar-refractivity contribution in [3.8, 4) is 0 Å². The van der Waals surface area contributed by atoms with Crippen LogP contribution in [0.5, 0.6) is 0 Å². The Balaban J connectivity index is -0.0000000239. The Morgan fingerprint density at radius 2 is 0.619 bits per heavy atom. The van der Waals surface area contributed by atoms with Crippen LogP contribution in [0.4, 0.5) is 0 Å². The van der Waals surface area contributed by atoms with Gasteiger partial charge < -0.3 is 36.7 Å². The fourth-order valence-corrected chi connectivity index (χ4v) is 0. The smallest absolute Gasteiger partial charge is 0.759 e. The first-order chi connectivity index (χ1) is 7.46. The quantitative estimate of drug-likeness (QED) is 0.130. The Hall–Kier alpha value is 3.73. The molecule has 0 aliphatic heterocycles. The topological polar surface area (TPSA) is 241 Å². The summed E-state index contributed by atoms with van der Waals surface area (Å²) in [7, 11) is -16.1. The molecule has 0 aromatic carbocycles. The van der Waals surface area contributed by atoms with Gasteiger partial charge in [0.1, 0.15) is 0 Å². The number of hydrogen-bond donors (Lipinski definition) is 0. The van der Waals surface area contributed by atoms with Crippen molar-refractivity contribution in [3.63, 3.8) is 0 Å². The van der Waals surface area contributed by atoms with Crippen LogP contribution >= 0.6 is 22.2 Å². The van der Waals surface area contributed by atoms with Gasteiger partial charge in [0.25, 0.3) is 16.5 Å². The van der Waals surface area contributed by atoms with Crippen LogP contribution in [0.15, 0.2) is 0 Å². The molecular formula is Ca3Cl2O12S2Si2. The van der Waals surface area contributed by atoms with E-state index in [2.05, 4.69) is 22.2 Å². The molecular weight excluding hydrogens is 503 g/mol. The second-order valence-electron chi connectivity index (χ2n) is 1.29. The first kappa shape index (κ1) is 44.3. The molecule has 0 aliphatic carbocycles. The van der Waals surface area contributed by atoms with E-state index in [1.54, 1.807) is 0 Å². The molecule has 0 spiro atoms. The van der Waals surface area contributed by atoms with Crippen LogP contribution in [0.25, 0.3) is 0 Å². The molecule has 0 heterocycles. The van der Waals surface area contributed by atoms with Crippen molar-refractivity contribution in [2.24, 2.45) is 0 Å². The average Bonchev–Trinajstić information content (AvgIpc) is 1.70. The molecule has 0 saturated carbocycles. The van der Waals surface area contributed by atoms with Gasteiger partial charge in [-0.1, -0.05) is 0 Å². The summed E-state index contributed by atoms with van der Waals surface area (Å²) < 4.78 is 85.8. The van der Waals surface area contributed by atoms with Crippen LogP contribution < -0.4 is 9.59 Å². The third kappa shape index (κ3) is 804. The van der Waals surface area contributed by atoms with Gasteiger partial charge in [-0.15, -0.1) is 22.2 Å². The van der Waals surface area contributed by atoms with Gasteiger partial charge >= 0.3 is 113 Å². The van der Waals surface area contributed by atoms with Crippen molar-refractivity contribution in [1.82, 2.24) is 0 Å². The molecule has 0 bridgehead atoms. The molecule has 0 fully saturated rings. The molecule has 0 aliphatic rings. The van der Waals surface area contributed by atoms with Crippen molar-refractivity contribution in [3.05, 3.63) is 0 Å². The maximum absolute atomic E-state index is 8.84. The SMILES string of the molecule is O=S(=O)([O-])[O-].O=S(=O)([O-])[O-].O=[Si]([O-])Cl.O=[Si]([O-])Cl.[Ca+2].[Ca+2].[Ca+2]. The van der Waals surface area contributed by atoms with Gasteiger partial charge in [-0.3, -0.25) is 16.8 Å². The van der Waals surface area contributed by atoms with Gasteiger partial charge in [-0.25, -0.2) is 0 Å². The molecule has 0 N–H and O–H groups in total. The average molecular weight is 503 g/mol. The number of rotatable bonds is 0. The van der Waals surface area contributed by atoms with Gasteiger partial charge in [0, 0.05) is 20.8 Å². The van der Waals surface area contributed by atoms with E-state index >= 15 is 0 Å². The second kappa shape index (κ2) is 26.0. The molecule has 0 radical (unpaired) electrons. The predicted molar refractivity (Wildman–Crippen MR) is 62.8 cm³/mol. The van der Waals surface area contributed by atoms with E-state index in [9.17, 15) is 0 Å². The molecule has 0 aromatic heterocycles. The molecule has 0 amide bonds. The Morgan fingerprint density at radius 3 is 0.619 bits per heavy atom. The van der Waals surface area contributed by atoms with Gasteiger partial charge in [-0.05, 0) is 0 Å². The molecule has 0 unspecified atom stereocenters. The minimum Gasteiger partial charge on any atom is -0.759 e. The van der Waals surface area contributed by atoms with Crippen LogP contribution in [0, 0.1) is 0 Å². The minimum absolute atomic E-state index is 0. The Bertz CT molecular complexity index is 365. The molecule has 112 valence electrons. The summed E-state index contributed by atoms with van der Waals surface area (Å²) in [5, 5.41) is 0. The fourth-order valence-electron chi connectivity index (χ4n) is 0. The third-order valence-electron chi connectivity index (χ3n) is 0. The van der Waals surface area contributed by atoms with Crippen LogP contribution in [-0.2, 0) is 29.7 Å². The molecule has 0 atom stereocenters. The minimum atomic E-state index is -5.17. The maximum atomic E-state index is 8.84. The first-order valence-corrected chi connectivity index (χ1v) is 9.85. The molecule has 21 heavy (non-hydrogen) atoms. The number of halogens is 2. The zero-order chi connectivity index (χ0) is 16.2. The first-order valence-electron chi connectivity index (χ1n) is 2.53. The number of hydrogen-bond acceptors (Lipinski definition) is 12. The molecule has 12 nitrogen and oxygen atoms in total. The Labute approximate surface area is 221 Å². The van der Waals surface area contributed by atoms with Gasteiger partial charge in [0.2, 0.25) is 0 Å². The Morgan fingerprint density at radius 1 is 0.619 bits per heavy atom. The summed E-state index contributed by atoms with van der Waals surface area (Å²) in [4.78, 5) is 17.7. The van der Waals surface area contributed by atoms with E-state index in [4.69, 9.17) is 53.6 Å². The summed E-state index contributed by atoms with van der Waals surface area (Å²) in [6.45, 7) is 0. The van der Waals surface area contributed by atoms with Crippen molar-refractivity contribution < 1.29 is 53.6 Å². The standard InChI is InChI=1S/3Ca.2ClO2Si.2H2O4S/c;;;2*1-4(2)3;2*1-5(2,3)4/h;;;;;2*(H2,1,2,3,4)/q3*+2;2*-1;;/p-4. The molecule has 0 saturated heterocycles. The summed E-state index contributed by atoms with van der Waals surface area (Å²) >= 11 is 8.53. The normalized spacial score (nSPS) is 7.90. The maximum Gasteiger partial charge on any atom is 2.00 e. The van der Waals surface area contributed by atoms with E-state index in [1.165, 1.54) is 0 Å². The van der Waals surface area contributed by atoms with Crippen molar-refractivity contribution in [2.45, 2.75) is 0 Å². The summed E-state index contributed by atoms with van der Waals surface area (Å²) in [5.74, 6) is 0. The van der Waals surface area contributed by atoms with Gasteiger partial charge in [0.15, 0.2) is 0 Å². The van der Waals surface area contributed by atoms with E-state index < -0.39 is 37.3 Å². The van der Waals surface area contributed by atoms with Crippen molar-refractivity contribution in [1.29, 1.82) is 0 Å². The fraction of sp³-hybridized carbons (Fsp3) is 0.